The maximum Gasteiger partial charge on any atom is 0.245 e. The molecule has 0 aromatic heterocycles. The van der Waals surface area contributed by atoms with E-state index < -0.39 is 5.54 Å². The van der Waals surface area contributed by atoms with Crippen molar-refractivity contribution in [3.63, 3.8) is 0 Å². The molecule has 1 aromatic carbocycles. The molecule has 1 aliphatic heterocycles. The van der Waals surface area contributed by atoms with E-state index in [1.54, 1.807) is 7.11 Å². The first-order chi connectivity index (χ1) is 10.1. The fourth-order valence-corrected chi connectivity index (χ4v) is 2.72. The number of amides is 1. The molecule has 1 atom stereocenters. The van der Waals surface area contributed by atoms with E-state index in [9.17, 15) is 4.79 Å². The maximum absolute atomic E-state index is 12.8. The molecule has 21 heavy (non-hydrogen) atoms. The van der Waals surface area contributed by atoms with Crippen molar-refractivity contribution in [3.05, 3.63) is 29.8 Å². The predicted molar refractivity (Wildman–Crippen MR) is 78.9 cm³/mol. The number of hydrogen-bond donors (Lipinski definition) is 1. The third-order valence-corrected chi connectivity index (χ3v) is 4.24. The van der Waals surface area contributed by atoms with Crippen molar-refractivity contribution in [1.29, 1.82) is 0 Å². The molecular formula is C16H22N2O3. The number of methoxy groups -OCH3 is 1. The zero-order chi connectivity index (χ0) is 14.9. The summed E-state index contributed by atoms with van der Waals surface area (Å²) in [5, 5.41) is 0. The lowest BCUT2D eigenvalue weighted by Gasteiger charge is -2.31. The van der Waals surface area contributed by atoms with Crippen molar-refractivity contribution in [2.75, 3.05) is 20.3 Å². The van der Waals surface area contributed by atoms with Gasteiger partial charge in [0.05, 0.1) is 13.7 Å². The van der Waals surface area contributed by atoms with Gasteiger partial charge in [-0.05, 0) is 37.0 Å². The Labute approximate surface area is 125 Å². The van der Waals surface area contributed by atoms with E-state index in [1.807, 2.05) is 29.2 Å². The molecule has 0 radical (unpaired) electrons. The normalized spacial score (nSPS) is 24.9. The summed E-state index contributed by atoms with van der Waals surface area (Å²) in [6, 6.07) is 8.16. The minimum atomic E-state index is -0.838. The van der Waals surface area contributed by atoms with Gasteiger partial charge in [-0.1, -0.05) is 12.1 Å². The molecule has 1 unspecified atom stereocenters. The molecule has 1 aromatic rings. The Morgan fingerprint density at radius 3 is 2.67 bits per heavy atom. The van der Waals surface area contributed by atoms with Gasteiger partial charge >= 0.3 is 0 Å². The number of nitrogens with two attached hydrogens (primary N) is 1. The highest BCUT2D eigenvalue weighted by Crippen LogP contribution is 2.32. The van der Waals surface area contributed by atoms with Crippen LogP contribution >= 0.6 is 0 Å². The van der Waals surface area contributed by atoms with Crippen LogP contribution in [0.5, 0.6) is 5.75 Å². The summed E-state index contributed by atoms with van der Waals surface area (Å²) >= 11 is 0. The van der Waals surface area contributed by atoms with Crippen molar-refractivity contribution in [2.45, 2.75) is 37.4 Å². The number of hydrogen-bond acceptors (Lipinski definition) is 4. The van der Waals surface area contributed by atoms with E-state index >= 15 is 0 Å². The Hall–Kier alpha value is -1.59. The largest absolute Gasteiger partial charge is 0.497 e. The smallest absolute Gasteiger partial charge is 0.245 e. The van der Waals surface area contributed by atoms with Crippen LogP contribution < -0.4 is 10.5 Å². The van der Waals surface area contributed by atoms with Crippen molar-refractivity contribution < 1.29 is 14.3 Å². The lowest BCUT2D eigenvalue weighted by molar-refractivity contribution is -0.138. The molecule has 2 N–H and O–H groups in total. The third kappa shape index (κ3) is 3.04. The molecule has 3 rings (SSSR count). The molecule has 1 saturated heterocycles. The van der Waals surface area contributed by atoms with Crippen LogP contribution in [0, 0.1) is 0 Å². The van der Waals surface area contributed by atoms with E-state index in [0.29, 0.717) is 32.2 Å². The van der Waals surface area contributed by atoms with E-state index in [1.165, 1.54) is 0 Å². The van der Waals surface area contributed by atoms with E-state index in [0.717, 1.165) is 24.2 Å². The van der Waals surface area contributed by atoms with Crippen LogP contribution in [0.15, 0.2) is 24.3 Å². The monoisotopic (exact) mass is 290 g/mol. The van der Waals surface area contributed by atoms with Crippen molar-refractivity contribution in [2.24, 2.45) is 5.73 Å². The second-order valence-corrected chi connectivity index (χ2v) is 5.97. The fourth-order valence-electron chi connectivity index (χ4n) is 2.72. The van der Waals surface area contributed by atoms with Crippen LogP contribution in [-0.4, -0.2) is 42.7 Å². The average molecular weight is 290 g/mol. The highest BCUT2D eigenvalue weighted by molar-refractivity contribution is 5.87. The zero-order valence-corrected chi connectivity index (χ0v) is 12.4. The molecule has 1 aliphatic carbocycles. The first-order valence-electron chi connectivity index (χ1n) is 7.43. The minimum Gasteiger partial charge on any atom is -0.497 e. The molecular weight excluding hydrogens is 268 g/mol. The fraction of sp³-hybridized carbons (Fsp3) is 0.562. The number of carbonyl (C=O) groups is 1. The van der Waals surface area contributed by atoms with Gasteiger partial charge in [0.2, 0.25) is 5.91 Å². The van der Waals surface area contributed by atoms with Gasteiger partial charge in [-0.2, -0.15) is 0 Å². The standard InChI is InChI=1S/C16H22N2O3/c1-20-14-6-2-12(3-7-14)10-18(13-4-5-13)15(19)16(17)8-9-21-11-16/h2-3,6-7,13H,4-5,8-11,17H2,1H3. The Morgan fingerprint density at radius 2 is 2.14 bits per heavy atom. The molecule has 0 spiro atoms. The Kier molecular flexibility index (Phi) is 3.87. The van der Waals surface area contributed by atoms with Crippen LogP contribution in [0.3, 0.4) is 0 Å². The van der Waals surface area contributed by atoms with Crippen LogP contribution in [0.2, 0.25) is 0 Å². The maximum atomic E-state index is 12.8. The second-order valence-electron chi connectivity index (χ2n) is 5.97. The highest BCUT2D eigenvalue weighted by Gasteiger charge is 2.45. The molecule has 114 valence electrons. The highest BCUT2D eigenvalue weighted by atomic mass is 16.5. The second kappa shape index (κ2) is 5.66. The summed E-state index contributed by atoms with van der Waals surface area (Å²) in [5.41, 5.74) is 6.49. The van der Waals surface area contributed by atoms with Gasteiger partial charge in [0.1, 0.15) is 11.3 Å². The van der Waals surface area contributed by atoms with Gasteiger partial charge in [0.25, 0.3) is 0 Å². The molecule has 1 heterocycles. The average Bonchev–Trinajstić information content (AvgIpc) is 3.26. The summed E-state index contributed by atoms with van der Waals surface area (Å²) in [7, 11) is 1.65. The van der Waals surface area contributed by atoms with Gasteiger partial charge < -0.3 is 20.1 Å². The quantitative estimate of drug-likeness (QED) is 0.888. The summed E-state index contributed by atoms with van der Waals surface area (Å²) < 4.78 is 10.5. The molecule has 1 amide bonds. The van der Waals surface area contributed by atoms with Crippen molar-refractivity contribution >= 4 is 5.91 Å². The lowest BCUT2D eigenvalue weighted by atomic mass is 9.97. The predicted octanol–water partition coefficient (Wildman–Crippen LogP) is 1.30. The van der Waals surface area contributed by atoms with Gasteiger partial charge in [-0.15, -0.1) is 0 Å². The first-order valence-corrected chi connectivity index (χ1v) is 7.43. The van der Waals surface area contributed by atoms with E-state index in [-0.39, 0.29) is 5.91 Å². The summed E-state index contributed by atoms with van der Waals surface area (Å²) in [6.07, 6.45) is 2.75. The van der Waals surface area contributed by atoms with Gasteiger partial charge in [-0.3, -0.25) is 4.79 Å². The summed E-state index contributed by atoms with van der Waals surface area (Å²) in [6.45, 7) is 1.51. The first kappa shape index (κ1) is 14.4. The summed E-state index contributed by atoms with van der Waals surface area (Å²) in [5.74, 6) is 0.848. The van der Waals surface area contributed by atoms with E-state index in [4.69, 9.17) is 15.2 Å². The van der Waals surface area contributed by atoms with Crippen LogP contribution in [0.25, 0.3) is 0 Å². The van der Waals surface area contributed by atoms with Gasteiger partial charge in [-0.25, -0.2) is 0 Å². The number of benzene rings is 1. The van der Waals surface area contributed by atoms with Gasteiger partial charge in [0, 0.05) is 19.2 Å². The van der Waals surface area contributed by atoms with Crippen molar-refractivity contribution in [1.82, 2.24) is 4.90 Å². The van der Waals surface area contributed by atoms with Gasteiger partial charge in [0.15, 0.2) is 0 Å². The number of rotatable bonds is 5. The number of ether oxygens (including phenoxy) is 2. The minimum absolute atomic E-state index is 0.0262. The molecule has 5 nitrogen and oxygen atoms in total. The van der Waals surface area contributed by atoms with Crippen LogP contribution in [-0.2, 0) is 16.1 Å². The number of carbonyl (C=O) groups excluding carboxylic acids is 1. The SMILES string of the molecule is COc1ccc(CN(C(=O)C2(N)CCOC2)C2CC2)cc1. The Morgan fingerprint density at radius 1 is 1.43 bits per heavy atom. The lowest BCUT2D eigenvalue weighted by Crippen LogP contribution is -2.56. The molecule has 0 bridgehead atoms. The number of nitrogens with zero attached hydrogens (tertiary/aromatic N) is 1. The molecule has 2 fully saturated rings. The van der Waals surface area contributed by atoms with Crippen LogP contribution in [0.1, 0.15) is 24.8 Å². The third-order valence-electron chi connectivity index (χ3n) is 4.24. The van der Waals surface area contributed by atoms with E-state index in [2.05, 4.69) is 0 Å². The topological polar surface area (TPSA) is 64.8 Å². The molecule has 1 saturated carbocycles. The van der Waals surface area contributed by atoms with Crippen molar-refractivity contribution in [3.8, 4) is 5.75 Å². The molecule has 5 heteroatoms. The zero-order valence-electron chi connectivity index (χ0n) is 12.4. The Balaban J connectivity index is 1.73. The van der Waals surface area contributed by atoms with Crippen LogP contribution in [0.4, 0.5) is 0 Å². The summed E-state index contributed by atoms with van der Waals surface area (Å²) in [4.78, 5) is 14.7. The molecule has 2 aliphatic rings. The Bertz CT molecular complexity index is 505.